The monoisotopic (exact) mass is 308 g/mol. The molecule has 116 valence electrons. The summed E-state index contributed by atoms with van der Waals surface area (Å²) in [6.07, 6.45) is -0.932. The van der Waals surface area contributed by atoms with Crippen LogP contribution in [0.1, 0.15) is 28.4 Å². The third kappa shape index (κ3) is 4.42. The first-order valence-electron chi connectivity index (χ1n) is 7.08. The van der Waals surface area contributed by atoms with Gasteiger partial charge in [-0.05, 0) is 55.8 Å². The molecule has 23 heavy (non-hydrogen) atoms. The van der Waals surface area contributed by atoms with E-state index in [0.29, 0.717) is 16.8 Å². The number of nitrogens with one attached hydrogen (secondary N) is 1. The van der Waals surface area contributed by atoms with Gasteiger partial charge in [0.15, 0.2) is 6.10 Å². The van der Waals surface area contributed by atoms with Gasteiger partial charge in [0.2, 0.25) is 0 Å². The summed E-state index contributed by atoms with van der Waals surface area (Å²) in [6.45, 7) is 3.43. The molecular weight excluding hydrogens is 292 g/mol. The van der Waals surface area contributed by atoms with E-state index in [1.165, 1.54) is 31.2 Å². The molecule has 2 rings (SSSR count). The van der Waals surface area contributed by atoms with Crippen LogP contribution in [0.15, 0.2) is 48.5 Å². The highest BCUT2D eigenvalue weighted by atomic mass is 16.5. The van der Waals surface area contributed by atoms with E-state index in [2.05, 4.69) is 5.32 Å². The molecule has 0 unspecified atom stereocenters. The van der Waals surface area contributed by atoms with Crippen LogP contribution in [-0.4, -0.2) is 18.0 Å². The number of nitrogens with zero attached hydrogens (tertiary/aromatic N) is 1. The number of aryl methyl sites for hydroxylation is 1. The van der Waals surface area contributed by atoms with Crippen LogP contribution in [0.4, 0.5) is 5.69 Å². The molecule has 5 heteroatoms. The molecule has 1 N–H and O–H groups in total. The molecule has 1 atom stereocenters. The van der Waals surface area contributed by atoms with Crippen molar-refractivity contribution < 1.29 is 14.3 Å². The van der Waals surface area contributed by atoms with Gasteiger partial charge in [-0.3, -0.25) is 4.79 Å². The van der Waals surface area contributed by atoms with Crippen molar-refractivity contribution in [2.75, 3.05) is 5.32 Å². The van der Waals surface area contributed by atoms with E-state index >= 15 is 0 Å². The van der Waals surface area contributed by atoms with Crippen molar-refractivity contribution in [2.24, 2.45) is 0 Å². The second-order valence-electron chi connectivity index (χ2n) is 5.10. The predicted octanol–water partition coefficient (Wildman–Crippen LogP) is 3.05. The number of rotatable bonds is 4. The number of anilines is 1. The molecule has 0 saturated heterocycles. The summed E-state index contributed by atoms with van der Waals surface area (Å²) < 4.78 is 5.14. The maximum Gasteiger partial charge on any atom is 0.338 e. The van der Waals surface area contributed by atoms with E-state index in [1.54, 1.807) is 6.07 Å². The number of nitriles is 1. The van der Waals surface area contributed by atoms with Crippen molar-refractivity contribution in [3.63, 3.8) is 0 Å². The minimum atomic E-state index is -0.932. The summed E-state index contributed by atoms with van der Waals surface area (Å²) in [4.78, 5) is 24.0. The van der Waals surface area contributed by atoms with Gasteiger partial charge in [0.05, 0.1) is 17.2 Å². The SMILES string of the molecule is Cc1cccc(NC(=O)[C@@H](C)OC(=O)c2ccc(C#N)cc2)c1. The molecule has 0 radical (unpaired) electrons. The zero-order valence-electron chi connectivity index (χ0n) is 12.9. The first-order chi connectivity index (χ1) is 11.0. The molecule has 5 nitrogen and oxygen atoms in total. The standard InChI is InChI=1S/C18H16N2O3/c1-12-4-3-5-16(10-12)20-17(21)13(2)23-18(22)15-8-6-14(11-19)7-9-15/h3-10,13H,1-2H3,(H,20,21)/t13-/m1/s1. The molecule has 0 aliphatic heterocycles. The fraction of sp³-hybridized carbons (Fsp3) is 0.167. The number of carbonyl (C=O) groups excluding carboxylic acids is 2. The fourth-order valence-corrected chi connectivity index (χ4v) is 1.93. The summed E-state index contributed by atoms with van der Waals surface area (Å²) in [5.74, 6) is -1.01. The zero-order chi connectivity index (χ0) is 16.8. The van der Waals surface area contributed by atoms with Gasteiger partial charge in [-0.2, -0.15) is 5.26 Å². The van der Waals surface area contributed by atoms with Crippen LogP contribution in [-0.2, 0) is 9.53 Å². The van der Waals surface area contributed by atoms with E-state index in [-0.39, 0.29) is 0 Å². The molecule has 0 aromatic heterocycles. The van der Waals surface area contributed by atoms with E-state index < -0.39 is 18.0 Å². The largest absolute Gasteiger partial charge is 0.449 e. The van der Waals surface area contributed by atoms with Crippen molar-refractivity contribution >= 4 is 17.6 Å². The van der Waals surface area contributed by atoms with Gasteiger partial charge in [0, 0.05) is 5.69 Å². The van der Waals surface area contributed by atoms with Gasteiger partial charge in [-0.1, -0.05) is 12.1 Å². The van der Waals surface area contributed by atoms with Crippen molar-refractivity contribution in [1.82, 2.24) is 0 Å². The summed E-state index contributed by atoms with van der Waals surface area (Å²) >= 11 is 0. The second-order valence-corrected chi connectivity index (χ2v) is 5.10. The van der Waals surface area contributed by atoms with E-state index in [1.807, 2.05) is 31.2 Å². The Kier molecular flexibility index (Phi) is 5.11. The first-order valence-corrected chi connectivity index (χ1v) is 7.08. The van der Waals surface area contributed by atoms with Gasteiger partial charge < -0.3 is 10.1 Å². The minimum Gasteiger partial charge on any atom is -0.449 e. The lowest BCUT2D eigenvalue weighted by Gasteiger charge is -2.14. The Morgan fingerprint density at radius 3 is 2.48 bits per heavy atom. The van der Waals surface area contributed by atoms with Crippen LogP contribution in [0.25, 0.3) is 0 Å². The van der Waals surface area contributed by atoms with Gasteiger partial charge in [-0.15, -0.1) is 0 Å². The maximum atomic E-state index is 12.1. The highest BCUT2D eigenvalue weighted by Gasteiger charge is 2.19. The number of carbonyl (C=O) groups is 2. The molecule has 1 amide bonds. The van der Waals surface area contributed by atoms with Crippen molar-refractivity contribution in [2.45, 2.75) is 20.0 Å². The number of amides is 1. The van der Waals surface area contributed by atoms with Crippen LogP contribution in [0.3, 0.4) is 0 Å². The average Bonchev–Trinajstić information content (AvgIpc) is 2.54. The molecule has 0 bridgehead atoms. The predicted molar refractivity (Wildman–Crippen MR) is 85.8 cm³/mol. The Morgan fingerprint density at radius 1 is 1.17 bits per heavy atom. The highest BCUT2D eigenvalue weighted by Crippen LogP contribution is 2.11. The quantitative estimate of drug-likeness (QED) is 0.880. The average molecular weight is 308 g/mol. The second kappa shape index (κ2) is 7.23. The molecule has 0 aliphatic rings. The number of esters is 1. The molecular formula is C18H16N2O3. The molecule has 0 aliphatic carbocycles. The van der Waals surface area contributed by atoms with E-state index in [0.717, 1.165) is 5.56 Å². The lowest BCUT2D eigenvalue weighted by atomic mass is 10.1. The summed E-state index contributed by atoms with van der Waals surface area (Å²) in [5, 5.41) is 11.4. The Balaban J connectivity index is 1.97. The minimum absolute atomic E-state index is 0.291. The number of ether oxygens (including phenoxy) is 1. The lowest BCUT2D eigenvalue weighted by Crippen LogP contribution is -2.30. The van der Waals surface area contributed by atoms with Crippen LogP contribution in [0, 0.1) is 18.3 Å². The molecule has 2 aromatic rings. The lowest BCUT2D eigenvalue weighted by molar-refractivity contribution is -0.123. The normalized spacial score (nSPS) is 11.2. The topological polar surface area (TPSA) is 79.2 Å². The summed E-state index contributed by atoms with van der Waals surface area (Å²) in [6, 6.07) is 15.3. The molecule has 2 aromatic carbocycles. The first kappa shape index (κ1) is 16.2. The van der Waals surface area contributed by atoms with Crippen LogP contribution in [0.2, 0.25) is 0 Å². The molecule has 0 fully saturated rings. The van der Waals surface area contributed by atoms with Crippen molar-refractivity contribution in [3.8, 4) is 6.07 Å². The molecule has 0 heterocycles. The number of benzene rings is 2. The van der Waals surface area contributed by atoms with Crippen LogP contribution in [0.5, 0.6) is 0 Å². The Hall–Kier alpha value is -3.13. The maximum absolute atomic E-state index is 12.1. The van der Waals surface area contributed by atoms with Crippen molar-refractivity contribution in [1.29, 1.82) is 5.26 Å². The molecule has 0 spiro atoms. The van der Waals surface area contributed by atoms with Crippen LogP contribution < -0.4 is 5.32 Å². The summed E-state index contributed by atoms with van der Waals surface area (Å²) in [7, 11) is 0. The number of hydrogen-bond donors (Lipinski definition) is 1. The van der Waals surface area contributed by atoms with Gasteiger partial charge in [0.25, 0.3) is 5.91 Å². The third-order valence-electron chi connectivity index (χ3n) is 3.19. The Bertz CT molecular complexity index is 761. The highest BCUT2D eigenvalue weighted by molar-refractivity contribution is 5.97. The fourth-order valence-electron chi connectivity index (χ4n) is 1.93. The number of hydrogen-bond acceptors (Lipinski definition) is 4. The van der Waals surface area contributed by atoms with Crippen LogP contribution >= 0.6 is 0 Å². The molecule has 0 saturated carbocycles. The Morgan fingerprint density at radius 2 is 1.87 bits per heavy atom. The van der Waals surface area contributed by atoms with Gasteiger partial charge >= 0.3 is 5.97 Å². The van der Waals surface area contributed by atoms with Gasteiger partial charge in [0.1, 0.15) is 0 Å². The van der Waals surface area contributed by atoms with E-state index in [9.17, 15) is 9.59 Å². The van der Waals surface area contributed by atoms with Gasteiger partial charge in [-0.25, -0.2) is 4.79 Å². The third-order valence-corrected chi connectivity index (χ3v) is 3.19. The smallest absolute Gasteiger partial charge is 0.338 e. The zero-order valence-corrected chi connectivity index (χ0v) is 12.9. The van der Waals surface area contributed by atoms with E-state index in [4.69, 9.17) is 10.00 Å². The van der Waals surface area contributed by atoms with Crippen molar-refractivity contribution in [3.05, 3.63) is 65.2 Å². The Labute approximate surface area is 134 Å². The summed E-state index contributed by atoms with van der Waals surface area (Å²) in [5.41, 5.74) is 2.41.